The molecule has 0 saturated heterocycles. The van der Waals surface area contributed by atoms with E-state index in [0.29, 0.717) is 17.4 Å². The Morgan fingerprint density at radius 2 is 1.50 bits per heavy atom. The maximum Gasteiger partial charge on any atom is 0.186 e. The third-order valence-corrected chi connectivity index (χ3v) is 6.90. The van der Waals surface area contributed by atoms with Gasteiger partial charge in [0.15, 0.2) is 5.78 Å². The van der Waals surface area contributed by atoms with E-state index in [4.69, 9.17) is 4.74 Å². The van der Waals surface area contributed by atoms with Gasteiger partial charge in [-0.25, -0.2) is 0 Å². The van der Waals surface area contributed by atoms with Crippen LogP contribution >= 0.6 is 0 Å². The Kier molecular flexibility index (Phi) is 10.9. The van der Waals surface area contributed by atoms with Gasteiger partial charge in [0.05, 0.1) is 7.11 Å². The summed E-state index contributed by atoms with van der Waals surface area (Å²) in [6.45, 7) is 13.1. The predicted molar refractivity (Wildman–Crippen MR) is 144 cm³/mol. The van der Waals surface area contributed by atoms with Crippen LogP contribution in [0.2, 0.25) is 0 Å². The monoisotopic (exact) mass is 464 g/mol. The van der Waals surface area contributed by atoms with Crippen molar-refractivity contribution >= 4 is 11.9 Å². The second-order valence-electron chi connectivity index (χ2n) is 9.73. The van der Waals surface area contributed by atoms with E-state index < -0.39 is 0 Å². The molecule has 1 N–H and O–H groups in total. The molecule has 0 heterocycles. The number of allylic oxidation sites excluding steroid dienone is 1. The van der Waals surface area contributed by atoms with Crippen molar-refractivity contribution in [3.63, 3.8) is 0 Å². The molecule has 0 aliphatic heterocycles. The summed E-state index contributed by atoms with van der Waals surface area (Å²) in [4.78, 5) is 13.4. The van der Waals surface area contributed by atoms with Gasteiger partial charge in [-0.15, -0.1) is 0 Å². The number of hydrogen-bond acceptors (Lipinski definition) is 3. The molecule has 3 atom stereocenters. The fraction of sp³-hybridized carbons (Fsp3) is 0.516. The second-order valence-corrected chi connectivity index (χ2v) is 9.73. The van der Waals surface area contributed by atoms with Crippen LogP contribution in [0.5, 0.6) is 11.5 Å². The first kappa shape index (κ1) is 27.7. The molecule has 3 nitrogen and oxygen atoms in total. The van der Waals surface area contributed by atoms with Crippen molar-refractivity contribution in [2.75, 3.05) is 7.11 Å². The van der Waals surface area contributed by atoms with Crippen LogP contribution in [0.15, 0.2) is 36.4 Å². The Hall–Kier alpha value is -2.55. The molecule has 2 aromatic rings. The number of ketones is 1. The van der Waals surface area contributed by atoms with E-state index in [1.807, 2.05) is 12.1 Å². The van der Waals surface area contributed by atoms with Crippen LogP contribution in [0.25, 0.3) is 6.08 Å². The van der Waals surface area contributed by atoms with Crippen molar-refractivity contribution in [2.24, 2.45) is 0 Å². The third-order valence-electron chi connectivity index (χ3n) is 6.90. The number of rotatable bonds is 13. The number of benzene rings is 2. The number of phenols is 1. The smallest absolute Gasteiger partial charge is 0.186 e. The molecule has 0 bridgehead atoms. The van der Waals surface area contributed by atoms with Crippen LogP contribution in [0.4, 0.5) is 0 Å². The summed E-state index contributed by atoms with van der Waals surface area (Å²) in [6.07, 6.45) is 9.92. The van der Waals surface area contributed by atoms with Gasteiger partial charge in [-0.1, -0.05) is 85.1 Å². The van der Waals surface area contributed by atoms with Crippen molar-refractivity contribution in [2.45, 2.75) is 97.8 Å². The number of hydrogen-bond donors (Lipinski definition) is 1. The first-order valence-corrected chi connectivity index (χ1v) is 13.0. The molecular formula is C31H44O3. The summed E-state index contributed by atoms with van der Waals surface area (Å²) in [7, 11) is 1.73. The summed E-state index contributed by atoms with van der Waals surface area (Å²) in [5.41, 5.74) is 4.79. The average Bonchev–Trinajstić information content (AvgIpc) is 2.81. The Morgan fingerprint density at radius 1 is 0.912 bits per heavy atom. The van der Waals surface area contributed by atoms with Crippen LogP contribution in [-0.2, 0) is 0 Å². The SMILES string of the molecule is CCCC(C)c1cc(/C=C/C(=O)c2cccc(O)c2C(C)CCC)c(C(C)CCC)c(OC)c1. The molecule has 2 rings (SSSR count). The fourth-order valence-corrected chi connectivity index (χ4v) is 5.08. The van der Waals surface area contributed by atoms with E-state index in [-0.39, 0.29) is 17.5 Å². The van der Waals surface area contributed by atoms with Gasteiger partial charge in [0.1, 0.15) is 11.5 Å². The highest BCUT2D eigenvalue weighted by Gasteiger charge is 2.20. The molecule has 34 heavy (non-hydrogen) atoms. The van der Waals surface area contributed by atoms with Crippen molar-refractivity contribution in [1.82, 2.24) is 0 Å². The molecule has 0 spiro atoms. The van der Waals surface area contributed by atoms with Crippen molar-refractivity contribution in [3.05, 3.63) is 64.2 Å². The maximum atomic E-state index is 13.4. The molecule has 3 heteroatoms. The molecule has 0 aromatic heterocycles. The highest BCUT2D eigenvalue weighted by molar-refractivity contribution is 6.08. The van der Waals surface area contributed by atoms with E-state index in [9.17, 15) is 9.90 Å². The van der Waals surface area contributed by atoms with Crippen LogP contribution in [0.3, 0.4) is 0 Å². The zero-order chi connectivity index (χ0) is 25.3. The predicted octanol–water partition coefficient (Wildman–Crippen LogP) is 9.01. The summed E-state index contributed by atoms with van der Waals surface area (Å²) < 4.78 is 5.86. The van der Waals surface area contributed by atoms with E-state index in [0.717, 1.165) is 61.0 Å². The Bertz CT molecular complexity index is 973. The summed E-state index contributed by atoms with van der Waals surface area (Å²) in [5, 5.41) is 10.5. The van der Waals surface area contributed by atoms with Gasteiger partial charge >= 0.3 is 0 Å². The minimum Gasteiger partial charge on any atom is -0.508 e. The quantitative estimate of drug-likeness (QED) is 0.237. The first-order chi connectivity index (χ1) is 16.3. The second kappa shape index (κ2) is 13.4. The number of carbonyl (C=O) groups excluding carboxylic acids is 1. The summed E-state index contributed by atoms with van der Waals surface area (Å²) >= 11 is 0. The molecule has 0 aliphatic rings. The third kappa shape index (κ3) is 6.74. The Balaban J connectivity index is 2.56. The standard InChI is InChI=1S/C31H44O3/c1-8-12-21(4)25-19-24(30(22(5)13-9-2)29(20-25)34-7)17-18-27(32)26-15-11-16-28(33)31(26)23(6)14-10-3/h11,15-23,33H,8-10,12-14H2,1-7H3/b18-17+. The van der Waals surface area contributed by atoms with Gasteiger partial charge in [0, 0.05) is 16.7 Å². The lowest BCUT2D eigenvalue weighted by Crippen LogP contribution is -2.06. The average molecular weight is 465 g/mol. The molecule has 0 saturated carbocycles. The highest BCUT2D eigenvalue weighted by atomic mass is 16.5. The van der Waals surface area contributed by atoms with Crippen molar-refractivity contribution < 1.29 is 14.6 Å². The highest BCUT2D eigenvalue weighted by Crippen LogP contribution is 2.38. The lowest BCUT2D eigenvalue weighted by atomic mass is 9.86. The molecular weight excluding hydrogens is 420 g/mol. The molecule has 0 amide bonds. The number of carbonyl (C=O) groups is 1. The van der Waals surface area contributed by atoms with Crippen LogP contribution in [-0.4, -0.2) is 18.0 Å². The van der Waals surface area contributed by atoms with Crippen LogP contribution in [0, 0.1) is 0 Å². The number of aromatic hydroxyl groups is 1. The fourth-order valence-electron chi connectivity index (χ4n) is 5.08. The topological polar surface area (TPSA) is 46.5 Å². The zero-order valence-corrected chi connectivity index (χ0v) is 22.3. The van der Waals surface area contributed by atoms with Crippen LogP contribution < -0.4 is 4.74 Å². The first-order valence-electron chi connectivity index (χ1n) is 13.0. The Labute approximate surface area is 207 Å². The number of methoxy groups -OCH3 is 1. The van der Waals surface area contributed by atoms with E-state index >= 15 is 0 Å². The largest absolute Gasteiger partial charge is 0.508 e. The van der Waals surface area contributed by atoms with Crippen molar-refractivity contribution in [1.29, 1.82) is 0 Å². The van der Waals surface area contributed by atoms with E-state index in [2.05, 4.69) is 53.7 Å². The zero-order valence-electron chi connectivity index (χ0n) is 22.3. The lowest BCUT2D eigenvalue weighted by Gasteiger charge is -2.22. The van der Waals surface area contributed by atoms with Gasteiger partial charge in [-0.05, 0) is 66.4 Å². The van der Waals surface area contributed by atoms with Gasteiger partial charge in [-0.3, -0.25) is 4.79 Å². The molecule has 0 fully saturated rings. The minimum atomic E-state index is -0.0751. The van der Waals surface area contributed by atoms with Gasteiger partial charge in [0.25, 0.3) is 0 Å². The summed E-state index contributed by atoms with van der Waals surface area (Å²) in [6, 6.07) is 9.67. The van der Waals surface area contributed by atoms with Gasteiger partial charge < -0.3 is 9.84 Å². The van der Waals surface area contributed by atoms with E-state index in [1.54, 1.807) is 25.3 Å². The molecule has 0 aliphatic carbocycles. The minimum absolute atomic E-state index is 0.0751. The molecule has 186 valence electrons. The van der Waals surface area contributed by atoms with Gasteiger partial charge in [-0.2, -0.15) is 0 Å². The molecule has 2 aromatic carbocycles. The van der Waals surface area contributed by atoms with E-state index in [1.165, 1.54) is 5.56 Å². The number of ether oxygens (including phenoxy) is 1. The Morgan fingerprint density at radius 3 is 2.09 bits per heavy atom. The molecule has 0 radical (unpaired) electrons. The maximum absolute atomic E-state index is 13.4. The normalized spacial score (nSPS) is 14.2. The van der Waals surface area contributed by atoms with Crippen LogP contribution in [0.1, 0.15) is 130 Å². The van der Waals surface area contributed by atoms with Gasteiger partial charge in [0.2, 0.25) is 0 Å². The lowest BCUT2D eigenvalue weighted by molar-refractivity contribution is 0.104. The number of phenolic OH excluding ortho intramolecular Hbond substituents is 1. The van der Waals surface area contributed by atoms with Crippen molar-refractivity contribution in [3.8, 4) is 11.5 Å². The molecule has 3 unspecified atom stereocenters. The summed E-state index contributed by atoms with van der Waals surface area (Å²) in [5.74, 6) is 1.90.